The number of aromatic nitrogens is 1. The molecule has 1 amide bonds. The number of esters is 1. The summed E-state index contributed by atoms with van der Waals surface area (Å²) in [5, 5.41) is 0.619. The Labute approximate surface area is 152 Å². The van der Waals surface area contributed by atoms with Gasteiger partial charge in [-0.1, -0.05) is 43.1 Å². The maximum Gasteiger partial charge on any atom is 0.339 e. The van der Waals surface area contributed by atoms with E-state index in [-0.39, 0.29) is 5.91 Å². The second-order valence-electron chi connectivity index (χ2n) is 5.97. The Morgan fingerprint density at radius 2 is 1.96 bits per heavy atom. The van der Waals surface area contributed by atoms with Crippen molar-refractivity contribution in [2.24, 2.45) is 0 Å². The van der Waals surface area contributed by atoms with Crippen LogP contribution in [0.5, 0.6) is 0 Å². The molecule has 1 aromatic heterocycles. The molecule has 0 aliphatic rings. The number of hydrogen-bond acceptors (Lipinski definition) is 3. The fraction of sp³-hybridized carbons (Fsp3) is 0.368. The molecule has 0 saturated carbocycles. The van der Waals surface area contributed by atoms with E-state index >= 15 is 0 Å². The van der Waals surface area contributed by atoms with Gasteiger partial charge in [0, 0.05) is 24.3 Å². The predicted molar refractivity (Wildman–Crippen MR) is 98.1 cm³/mol. The molecule has 1 heterocycles. The molecule has 5 nitrogen and oxygen atoms in total. The second-order valence-corrected chi connectivity index (χ2v) is 6.38. The lowest BCUT2D eigenvalue weighted by molar-refractivity contribution is 0.0599. The Kier molecular flexibility index (Phi) is 6.26. The average Bonchev–Trinajstić information content (AvgIpc) is 2.92. The summed E-state index contributed by atoms with van der Waals surface area (Å²) in [6, 6.07) is 7.42. The van der Waals surface area contributed by atoms with Gasteiger partial charge in [0.05, 0.1) is 12.7 Å². The Balaban J connectivity index is 2.35. The van der Waals surface area contributed by atoms with Gasteiger partial charge in [-0.3, -0.25) is 4.79 Å². The van der Waals surface area contributed by atoms with Crippen molar-refractivity contribution in [3.8, 4) is 0 Å². The molecule has 0 unspecified atom stereocenters. The zero-order chi connectivity index (χ0) is 18.6. The van der Waals surface area contributed by atoms with Gasteiger partial charge in [0.15, 0.2) is 0 Å². The number of ether oxygens (including phenoxy) is 1. The lowest BCUT2D eigenvalue weighted by Crippen LogP contribution is -2.27. The molecule has 0 atom stereocenters. The number of rotatable bonds is 6. The minimum absolute atomic E-state index is 0.179. The van der Waals surface area contributed by atoms with Crippen molar-refractivity contribution in [3.05, 3.63) is 57.4 Å². The number of nitrogens with zero attached hydrogens (tertiary/aromatic N) is 1. The summed E-state index contributed by atoms with van der Waals surface area (Å²) in [7, 11) is 3.06. The number of methoxy groups -OCH3 is 1. The summed E-state index contributed by atoms with van der Waals surface area (Å²) >= 11 is 6.18. The Morgan fingerprint density at radius 1 is 1.28 bits per heavy atom. The number of aryl methyl sites for hydroxylation is 1. The van der Waals surface area contributed by atoms with Gasteiger partial charge in [0.2, 0.25) is 0 Å². The van der Waals surface area contributed by atoms with E-state index in [1.807, 2.05) is 25.1 Å². The number of hydrogen-bond donors (Lipinski definition) is 1. The second kappa shape index (κ2) is 8.21. The highest BCUT2D eigenvalue weighted by Gasteiger charge is 2.26. The van der Waals surface area contributed by atoms with Crippen molar-refractivity contribution in [1.82, 2.24) is 9.88 Å². The monoisotopic (exact) mass is 362 g/mol. The molecule has 2 aromatic rings. The molecule has 6 heteroatoms. The molecule has 0 saturated heterocycles. The van der Waals surface area contributed by atoms with Crippen LogP contribution in [0.2, 0.25) is 5.02 Å². The lowest BCUT2D eigenvalue weighted by Gasteiger charge is -2.18. The first-order valence-corrected chi connectivity index (χ1v) is 8.57. The number of carbonyl (C=O) groups is 2. The number of carbonyl (C=O) groups excluding carboxylic acids is 2. The minimum atomic E-state index is -0.426. The Hall–Kier alpha value is -2.27. The van der Waals surface area contributed by atoms with E-state index < -0.39 is 5.97 Å². The number of benzene rings is 1. The van der Waals surface area contributed by atoms with Crippen LogP contribution >= 0.6 is 11.6 Å². The van der Waals surface area contributed by atoms with E-state index in [2.05, 4.69) is 4.98 Å². The molecule has 0 aliphatic carbocycles. The molecular formula is C19H23ClN2O3. The predicted octanol–water partition coefficient (Wildman–Crippen LogP) is 3.99. The molecule has 0 spiro atoms. The highest BCUT2D eigenvalue weighted by molar-refractivity contribution is 6.31. The molecule has 2 rings (SSSR count). The van der Waals surface area contributed by atoms with Gasteiger partial charge in [0.25, 0.3) is 5.91 Å². The Morgan fingerprint density at radius 3 is 2.56 bits per heavy atom. The molecule has 0 bridgehead atoms. The molecule has 134 valence electrons. The first kappa shape index (κ1) is 19.1. The summed E-state index contributed by atoms with van der Waals surface area (Å²) < 4.78 is 4.87. The van der Waals surface area contributed by atoms with E-state index in [1.54, 1.807) is 24.9 Å². The lowest BCUT2D eigenvalue weighted by atomic mass is 10.0. The molecule has 1 aromatic carbocycles. The fourth-order valence-electron chi connectivity index (χ4n) is 2.88. The topological polar surface area (TPSA) is 62.4 Å². The van der Waals surface area contributed by atoms with Gasteiger partial charge in [-0.05, 0) is 30.5 Å². The van der Waals surface area contributed by atoms with E-state index in [1.165, 1.54) is 7.11 Å². The van der Waals surface area contributed by atoms with Crippen molar-refractivity contribution in [1.29, 1.82) is 0 Å². The summed E-state index contributed by atoms with van der Waals surface area (Å²) in [6.45, 7) is 4.16. The third kappa shape index (κ3) is 4.04. The van der Waals surface area contributed by atoms with Gasteiger partial charge in [-0.15, -0.1) is 0 Å². The first-order chi connectivity index (χ1) is 11.9. The van der Waals surface area contributed by atoms with Crippen LogP contribution in [-0.2, 0) is 17.7 Å². The standard InChI is InChI=1S/C19H23ClN2O3/c1-5-8-14-16(19(24)25-4)12(2)21-17(14)18(23)22(3)11-13-9-6-7-10-15(13)20/h6-7,9-10,21H,5,8,11H2,1-4H3. The fourth-order valence-corrected chi connectivity index (χ4v) is 3.08. The van der Waals surface area contributed by atoms with Crippen molar-refractivity contribution in [3.63, 3.8) is 0 Å². The minimum Gasteiger partial charge on any atom is -0.465 e. The van der Waals surface area contributed by atoms with Gasteiger partial charge in [0.1, 0.15) is 5.69 Å². The van der Waals surface area contributed by atoms with Crippen molar-refractivity contribution in [2.75, 3.05) is 14.2 Å². The summed E-state index contributed by atoms with van der Waals surface area (Å²) in [4.78, 5) is 29.7. The van der Waals surface area contributed by atoms with Crippen molar-refractivity contribution < 1.29 is 14.3 Å². The van der Waals surface area contributed by atoms with Crippen molar-refractivity contribution >= 4 is 23.5 Å². The molecule has 1 N–H and O–H groups in total. The largest absolute Gasteiger partial charge is 0.465 e. The van der Waals surface area contributed by atoms with Crippen LogP contribution < -0.4 is 0 Å². The third-order valence-electron chi connectivity index (χ3n) is 4.11. The van der Waals surface area contributed by atoms with Crippen LogP contribution in [0.25, 0.3) is 0 Å². The van der Waals surface area contributed by atoms with Gasteiger partial charge < -0.3 is 14.6 Å². The van der Waals surface area contributed by atoms with E-state index in [0.29, 0.717) is 40.5 Å². The molecule has 25 heavy (non-hydrogen) atoms. The van der Waals surface area contributed by atoms with Gasteiger partial charge in [-0.25, -0.2) is 4.79 Å². The van der Waals surface area contributed by atoms with Gasteiger partial charge in [-0.2, -0.15) is 0 Å². The number of halogens is 1. The zero-order valence-electron chi connectivity index (χ0n) is 15.0. The summed E-state index contributed by atoms with van der Waals surface area (Å²) in [5.74, 6) is -0.605. The average molecular weight is 363 g/mol. The maximum absolute atomic E-state index is 12.9. The van der Waals surface area contributed by atoms with Crippen LogP contribution in [-0.4, -0.2) is 35.9 Å². The van der Waals surface area contributed by atoms with Crippen LogP contribution in [0.3, 0.4) is 0 Å². The molecular weight excluding hydrogens is 340 g/mol. The number of amides is 1. The molecule has 0 radical (unpaired) electrons. The van der Waals surface area contributed by atoms with Crippen LogP contribution in [0.1, 0.15) is 51.0 Å². The summed E-state index contributed by atoms with van der Waals surface area (Å²) in [5.41, 5.74) is 3.12. The van der Waals surface area contributed by atoms with E-state index in [4.69, 9.17) is 16.3 Å². The zero-order valence-corrected chi connectivity index (χ0v) is 15.7. The van der Waals surface area contributed by atoms with Gasteiger partial charge >= 0.3 is 5.97 Å². The smallest absolute Gasteiger partial charge is 0.339 e. The SMILES string of the molecule is CCCc1c(C(=O)N(C)Cc2ccccc2Cl)[nH]c(C)c1C(=O)OC. The van der Waals surface area contributed by atoms with E-state index in [9.17, 15) is 9.59 Å². The number of aromatic amines is 1. The molecule has 0 aliphatic heterocycles. The highest BCUT2D eigenvalue weighted by Crippen LogP contribution is 2.24. The van der Waals surface area contributed by atoms with Crippen LogP contribution in [0, 0.1) is 6.92 Å². The summed E-state index contributed by atoms with van der Waals surface area (Å²) in [6.07, 6.45) is 1.44. The quantitative estimate of drug-likeness (QED) is 0.790. The maximum atomic E-state index is 12.9. The third-order valence-corrected chi connectivity index (χ3v) is 4.48. The van der Waals surface area contributed by atoms with E-state index in [0.717, 1.165) is 12.0 Å². The first-order valence-electron chi connectivity index (χ1n) is 8.19. The number of nitrogens with one attached hydrogen (secondary N) is 1. The molecule has 0 fully saturated rings. The Bertz CT molecular complexity index is 783. The normalized spacial score (nSPS) is 10.6. The number of H-pyrrole nitrogens is 1. The van der Waals surface area contributed by atoms with Crippen LogP contribution in [0.15, 0.2) is 24.3 Å². The highest BCUT2D eigenvalue weighted by atomic mass is 35.5. The van der Waals surface area contributed by atoms with Crippen molar-refractivity contribution in [2.45, 2.75) is 33.2 Å². The van der Waals surface area contributed by atoms with Crippen LogP contribution in [0.4, 0.5) is 0 Å².